The van der Waals surface area contributed by atoms with E-state index in [1.165, 1.54) is 0 Å². The van der Waals surface area contributed by atoms with Crippen molar-refractivity contribution in [2.75, 3.05) is 6.54 Å². The molecule has 5 heteroatoms. The molecule has 0 saturated heterocycles. The van der Waals surface area contributed by atoms with Crippen LogP contribution in [0.1, 0.15) is 46.3 Å². The second-order valence-electron chi connectivity index (χ2n) is 6.84. The third-order valence-corrected chi connectivity index (χ3v) is 3.32. The molecule has 0 radical (unpaired) electrons. The Hall–Kier alpha value is -1.59. The number of ether oxygens (including phenoxy) is 1. The molecular weight excluding hydrogens is 280 g/mol. The number of nitrogens with one attached hydrogen (secondary N) is 1. The van der Waals surface area contributed by atoms with Gasteiger partial charge in [-0.1, -0.05) is 32.9 Å². The molecule has 1 aromatic rings. The van der Waals surface area contributed by atoms with E-state index in [4.69, 9.17) is 10.5 Å². The SMILES string of the molecule is CC(C)Oc1ccc(C(O)CNC(=O)[C@@H](N)C(C)(C)C)cc1. The van der Waals surface area contributed by atoms with E-state index in [-0.39, 0.29) is 24.0 Å². The van der Waals surface area contributed by atoms with Crippen molar-refractivity contribution in [3.8, 4) is 5.75 Å². The van der Waals surface area contributed by atoms with Crippen LogP contribution in [-0.4, -0.2) is 29.7 Å². The molecule has 1 unspecified atom stereocenters. The van der Waals surface area contributed by atoms with Crippen molar-refractivity contribution in [1.29, 1.82) is 0 Å². The highest BCUT2D eigenvalue weighted by molar-refractivity contribution is 5.82. The van der Waals surface area contributed by atoms with E-state index in [1.54, 1.807) is 24.3 Å². The van der Waals surface area contributed by atoms with Crippen molar-refractivity contribution in [2.45, 2.75) is 52.9 Å². The molecule has 0 aliphatic carbocycles. The Labute approximate surface area is 132 Å². The predicted octanol–water partition coefficient (Wildman–Crippen LogP) is 2.00. The van der Waals surface area contributed by atoms with Crippen LogP contribution in [0.5, 0.6) is 5.75 Å². The summed E-state index contributed by atoms with van der Waals surface area (Å²) in [4.78, 5) is 11.9. The first-order valence-electron chi connectivity index (χ1n) is 7.59. The number of aliphatic hydroxyl groups excluding tert-OH is 1. The molecule has 1 rings (SSSR count). The van der Waals surface area contributed by atoms with Crippen LogP contribution in [0.3, 0.4) is 0 Å². The summed E-state index contributed by atoms with van der Waals surface area (Å²) in [7, 11) is 0. The van der Waals surface area contributed by atoms with Gasteiger partial charge in [-0.05, 0) is 37.0 Å². The van der Waals surface area contributed by atoms with E-state index in [2.05, 4.69) is 5.32 Å². The van der Waals surface area contributed by atoms with Gasteiger partial charge in [-0.2, -0.15) is 0 Å². The Morgan fingerprint density at radius 1 is 1.27 bits per heavy atom. The third kappa shape index (κ3) is 5.66. The van der Waals surface area contributed by atoms with E-state index in [0.29, 0.717) is 0 Å². The lowest BCUT2D eigenvalue weighted by Gasteiger charge is -2.26. The van der Waals surface area contributed by atoms with Gasteiger partial charge in [0.15, 0.2) is 0 Å². The fourth-order valence-electron chi connectivity index (χ4n) is 1.86. The molecule has 0 spiro atoms. The van der Waals surface area contributed by atoms with Crippen LogP contribution in [0.2, 0.25) is 0 Å². The van der Waals surface area contributed by atoms with Crippen molar-refractivity contribution < 1.29 is 14.6 Å². The van der Waals surface area contributed by atoms with Gasteiger partial charge in [0.25, 0.3) is 0 Å². The summed E-state index contributed by atoms with van der Waals surface area (Å²) in [5, 5.41) is 12.8. The van der Waals surface area contributed by atoms with Crippen LogP contribution in [0.4, 0.5) is 0 Å². The van der Waals surface area contributed by atoms with Crippen molar-refractivity contribution in [2.24, 2.45) is 11.1 Å². The van der Waals surface area contributed by atoms with E-state index in [0.717, 1.165) is 11.3 Å². The average Bonchev–Trinajstić information content (AvgIpc) is 2.42. The zero-order valence-electron chi connectivity index (χ0n) is 14.1. The van der Waals surface area contributed by atoms with E-state index < -0.39 is 12.1 Å². The van der Waals surface area contributed by atoms with Gasteiger partial charge >= 0.3 is 0 Å². The Bertz CT molecular complexity index is 478. The van der Waals surface area contributed by atoms with Gasteiger partial charge in [-0.3, -0.25) is 4.79 Å². The fraction of sp³-hybridized carbons (Fsp3) is 0.588. The number of hydrogen-bond acceptors (Lipinski definition) is 4. The molecule has 0 aliphatic heterocycles. The molecule has 5 nitrogen and oxygen atoms in total. The molecule has 0 aromatic heterocycles. The highest BCUT2D eigenvalue weighted by Gasteiger charge is 2.27. The normalized spacial score (nSPS) is 14.5. The molecule has 124 valence electrons. The molecule has 0 aliphatic rings. The number of carbonyl (C=O) groups is 1. The average molecular weight is 308 g/mol. The second-order valence-corrected chi connectivity index (χ2v) is 6.84. The van der Waals surface area contributed by atoms with Crippen LogP contribution >= 0.6 is 0 Å². The lowest BCUT2D eigenvalue weighted by atomic mass is 9.87. The molecule has 0 saturated carbocycles. The van der Waals surface area contributed by atoms with Gasteiger partial charge in [0, 0.05) is 6.54 Å². The first-order chi connectivity index (χ1) is 10.1. The molecule has 2 atom stereocenters. The van der Waals surface area contributed by atoms with Gasteiger partial charge in [-0.25, -0.2) is 0 Å². The van der Waals surface area contributed by atoms with Crippen molar-refractivity contribution in [3.63, 3.8) is 0 Å². The summed E-state index contributed by atoms with van der Waals surface area (Å²) in [6, 6.07) is 6.58. The van der Waals surface area contributed by atoms with Gasteiger partial charge in [-0.15, -0.1) is 0 Å². The Morgan fingerprint density at radius 3 is 2.27 bits per heavy atom. The highest BCUT2D eigenvalue weighted by atomic mass is 16.5. The zero-order valence-corrected chi connectivity index (χ0v) is 14.1. The molecule has 0 fully saturated rings. The Morgan fingerprint density at radius 2 is 1.82 bits per heavy atom. The third-order valence-electron chi connectivity index (χ3n) is 3.32. The van der Waals surface area contributed by atoms with Crippen LogP contribution in [0.25, 0.3) is 0 Å². The lowest BCUT2D eigenvalue weighted by Crippen LogP contribution is -2.49. The number of amides is 1. The first kappa shape index (κ1) is 18.5. The van der Waals surface area contributed by atoms with Gasteiger partial charge in [0.2, 0.25) is 5.91 Å². The standard InChI is InChI=1S/C17H28N2O3/c1-11(2)22-13-8-6-12(7-9-13)14(20)10-19-16(21)15(18)17(3,4)5/h6-9,11,14-15,20H,10,18H2,1-5H3,(H,19,21)/t14?,15-/m1/s1. The van der Waals surface area contributed by atoms with Gasteiger partial charge in [0.1, 0.15) is 5.75 Å². The minimum atomic E-state index is -0.774. The topological polar surface area (TPSA) is 84.6 Å². The molecule has 22 heavy (non-hydrogen) atoms. The van der Waals surface area contributed by atoms with E-state index in [1.807, 2.05) is 34.6 Å². The maximum absolute atomic E-state index is 11.9. The van der Waals surface area contributed by atoms with Gasteiger partial charge in [0.05, 0.1) is 18.2 Å². The summed E-state index contributed by atoms with van der Waals surface area (Å²) in [5.74, 6) is 0.496. The number of aliphatic hydroxyl groups is 1. The maximum Gasteiger partial charge on any atom is 0.237 e. The maximum atomic E-state index is 11.9. The summed E-state index contributed by atoms with van der Waals surface area (Å²) in [6.45, 7) is 9.75. The lowest BCUT2D eigenvalue weighted by molar-refractivity contribution is -0.125. The molecular formula is C17H28N2O3. The first-order valence-corrected chi connectivity index (χ1v) is 7.59. The quantitative estimate of drug-likeness (QED) is 0.750. The number of nitrogens with two attached hydrogens (primary N) is 1. The minimum Gasteiger partial charge on any atom is -0.491 e. The van der Waals surface area contributed by atoms with E-state index in [9.17, 15) is 9.90 Å². The monoisotopic (exact) mass is 308 g/mol. The highest BCUT2D eigenvalue weighted by Crippen LogP contribution is 2.19. The van der Waals surface area contributed by atoms with Crippen molar-refractivity contribution in [1.82, 2.24) is 5.32 Å². The molecule has 0 bridgehead atoms. The molecule has 1 amide bonds. The summed E-state index contributed by atoms with van der Waals surface area (Å²) < 4.78 is 5.55. The predicted molar refractivity (Wildman–Crippen MR) is 87.6 cm³/mol. The molecule has 0 heterocycles. The van der Waals surface area contributed by atoms with Crippen LogP contribution in [0, 0.1) is 5.41 Å². The smallest absolute Gasteiger partial charge is 0.237 e. The Balaban J connectivity index is 2.55. The second kappa shape index (κ2) is 7.61. The van der Waals surface area contributed by atoms with Crippen molar-refractivity contribution in [3.05, 3.63) is 29.8 Å². The fourth-order valence-corrected chi connectivity index (χ4v) is 1.86. The zero-order chi connectivity index (χ0) is 16.9. The largest absolute Gasteiger partial charge is 0.491 e. The number of hydrogen-bond donors (Lipinski definition) is 3. The summed E-state index contributed by atoms with van der Waals surface area (Å²) in [6.07, 6.45) is -0.668. The van der Waals surface area contributed by atoms with Gasteiger partial charge < -0.3 is 20.9 Å². The number of rotatable bonds is 6. The number of benzene rings is 1. The Kier molecular flexibility index (Phi) is 6.38. The minimum absolute atomic E-state index is 0.106. The van der Waals surface area contributed by atoms with Crippen molar-refractivity contribution >= 4 is 5.91 Å². The molecule has 1 aromatic carbocycles. The molecule has 4 N–H and O–H groups in total. The summed E-state index contributed by atoms with van der Waals surface area (Å²) in [5.41, 5.74) is 6.28. The van der Waals surface area contributed by atoms with Crippen LogP contribution in [0.15, 0.2) is 24.3 Å². The number of carbonyl (C=O) groups excluding carboxylic acids is 1. The van der Waals surface area contributed by atoms with Crippen LogP contribution < -0.4 is 15.8 Å². The van der Waals surface area contributed by atoms with Crippen LogP contribution in [-0.2, 0) is 4.79 Å². The van der Waals surface area contributed by atoms with E-state index >= 15 is 0 Å². The summed E-state index contributed by atoms with van der Waals surface area (Å²) >= 11 is 0.